The highest BCUT2D eigenvalue weighted by atomic mass is 32.1. The molecule has 1 aromatic carbocycles. The molecule has 1 aromatic heterocycles. The fourth-order valence-electron chi connectivity index (χ4n) is 1.64. The molecule has 0 atom stereocenters. The molecule has 0 unspecified atom stereocenters. The van der Waals surface area contributed by atoms with Gasteiger partial charge in [0.2, 0.25) is 0 Å². The number of imidazole rings is 1. The standard InChI is InChI=1S/C12H14N2O2S/c1-15-10-4-3-9(11(7-10)16-2)8-14-6-5-13-12(14)17/h3-7H,8H2,1-2H3,(H,13,17). The number of hydrogen-bond donors (Lipinski definition) is 1. The van der Waals surface area contributed by atoms with Crippen molar-refractivity contribution in [3.8, 4) is 11.5 Å². The Morgan fingerprint density at radius 3 is 2.71 bits per heavy atom. The van der Waals surface area contributed by atoms with Crippen LogP contribution in [0.15, 0.2) is 30.6 Å². The van der Waals surface area contributed by atoms with E-state index in [0.717, 1.165) is 17.1 Å². The number of methoxy groups -OCH3 is 2. The largest absolute Gasteiger partial charge is 0.497 e. The Labute approximate surface area is 105 Å². The highest BCUT2D eigenvalue weighted by Gasteiger charge is 2.06. The predicted octanol–water partition coefficient (Wildman–Crippen LogP) is 2.61. The first-order valence-electron chi connectivity index (χ1n) is 5.19. The van der Waals surface area contributed by atoms with Crippen LogP contribution in [-0.4, -0.2) is 23.8 Å². The summed E-state index contributed by atoms with van der Waals surface area (Å²) >= 11 is 5.15. The predicted molar refractivity (Wildman–Crippen MR) is 68.3 cm³/mol. The number of nitrogens with zero attached hydrogens (tertiary/aromatic N) is 1. The van der Waals surface area contributed by atoms with Crippen molar-refractivity contribution < 1.29 is 9.47 Å². The Kier molecular flexibility index (Phi) is 3.49. The summed E-state index contributed by atoms with van der Waals surface area (Å²) in [7, 11) is 3.28. The summed E-state index contributed by atoms with van der Waals surface area (Å²) < 4.78 is 13.1. The maximum atomic E-state index is 5.34. The number of aromatic nitrogens is 2. The summed E-state index contributed by atoms with van der Waals surface area (Å²) in [6.45, 7) is 0.676. The van der Waals surface area contributed by atoms with Crippen LogP contribution in [0.25, 0.3) is 0 Å². The molecular weight excluding hydrogens is 236 g/mol. The Morgan fingerprint density at radius 1 is 1.29 bits per heavy atom. The van der Waals surface area contributed by atoms with Gasteiger partial charge in [-0.3, -0.25) is 0 Å². The van der Waals surface area contributed by atoms with Gasteiger partial charge >= 0.3 is 0 Å². The first-order valence-corrected chi connectivity index (χ1v) is 5.60. The van der Waals surface area contributed by atoms with Gasteiger partial charge < -0.3 is 19.0 Å². The molecule has 0 bridgehead atoms. The van der Waals surface area contributed by atoms with Gasteiger partial charge in [0.25, 0.3) is 0 Å². The third-order valence-electron chi connectivity index (χ3n) is 2.56. The van der Waals surface area contributed by atoms with Crippen LogP contribution in [0.2, 0.25) is 0 Å². The van der Waals surface area contributed by atoms with Crippen molar-refractivity contribution in [1.29, 1.82) is 0 Å². The number of hydrogen-bond acceptors (Lipinski definition) is 3. The molecule has 4 nitrogen and oxygen atoms in total. The van der Waals surface area contributed by atoms with Gasteiger partial charge in [0, 0.05) is 24.0 Å². The molecule has 0 aliphatic carbocycles. The molecule has 0 spiro atoms. The van der Waals surface area contributed by atoms with Crippen LogP contribution < -0.4 is 9.47 Å². The third kappa shape index (κ3) is 2.50. The summed E-state index contributed by atoms with van der Waals surface area (Å²) in [6, 6.07) is 5.76. The van der Waals surface area contributed by atoms with Gasteiger partial charge in [-0.2, -0.15) is 0 Å². The second-order valence-electron chi connectivity index (χ2n) is 3.57. The van der Waals surface area contributed by atoms with Crippen LogP contribution in [0, 0.1) is 4.77 Å². The van der Waals surface area contributed by atoms with E-state index in [1.165, 1.54) is 0 Å². The Hall–Kier alpha value is -1.75. The second-order valence-corrected chi connectivity index (χ2v) is 3.96. The van der Waals surface area contributed by atoms with Crippen molar-refractivity contribution in [2.45, 2.75) is 6.54 Å². The lowest BCUT2D eigenvalue weighted by atomic mass is 10.2. The van der Waals surface area contributed by atoms with Crippen LogP contribution in [0.3, 0.4) is 0 Å². The van der Waals surface area contributed by atoms with Crippen LogP contribution in [0.4, 0.5) is 0 Å². The molecule has 1 heterocycles. The zero-order valence-corrected chi connectivity index (χ0v) is 10.6. The van der Waals surface area contributed by atoms with Gasteiger partial charge in [0.1, 0.15) is 11.5 Å². The molecule has 90 valence electrons. The van der Waals surface area contributed by atoms with E-state index in [9.17, 15) is 0 Å². The molecule has 1 N–H and O–H groups in total. The summed E-state index contributed by atoms with van der Waals surface area (Å²) in [5.41, 5.74) is 1.06. The lowest BCUT2D eigenvalue weighted by molar-refractivity contribution is 0.390. The molecule has 0 aliphatic heterocycles. The van der Waals surface area contributed by atoms with E-state index in [-0.39, 0.29) is 0 Å². The smallest absolute Gasteiger partial charge is 0.177 e. The molecule has 2 aromatic rings. The summed E-state index contributed by atoms with van der Waals surface area (Å²) in [4.78, 5) is 2.96. The van der Waals surface area contributed by atoms with Crippen molar-refractivity contribution in [1.82, 2.24) is 9.55 Å². The van der Waals surface area contributed by atoms with Crippen LogP contribution in [0.1, 0.15) is 5.56 Å². The lowest BCUT2D eigenvalue weighted by Gasteiger charge is -2.10. The number of rotatable bonds is 4. The van der Waals surface area contributed by atoms with E-state index < -0.39 is 0 Å². The molecular formula is C12H14N2O2S. The van der Waals surface area contributed by atoms with Crippen LogP contribution in [0.5, 0.6) is 11.5 Å². The number of ether oxygens (including phenoxy) is 2. The number of aromatic amines is 1. The van der Waals surface area contributed by atoms with Gasteiger partial charge in [-0.25, -0.2) is 0 Å². The Morgan fingerprint density at radius 2 is 2.12 bits per heavy atom. The van der Waals surface area contributed by atoms with E-state index in [2.05, 4.69) is 4.98 Å². The summed E-state index contributed by atoms with van der Waals surface area (Å²) in [5, 5.41) is 0. The normalized spacial score (nSPS) is 10.2. The Bertz CT molecular complexity index is 560. The SMILES string of the molecule is COc1ccc(Cn2cc[nH]c2=S)c(OC)c1. The number of benzene rings is 1. The van der Waals surface area contributed by atoms with Crippen molar-refractivity contribution >= 4 is 12.2 Å². The molecule has 0 saturated heterocycles. The van der Waals surface area contributed by atoms with Gasteiger partial charge in [0.15, 0.2) is 4.77 Å². The minimum atomic E-state index is 0.676. The zero-order chi connectivity index (χ0) is 12.3. The summed E-state index contributed by atoms with van der Waals surface area (Å²) in [6.07, 6.45) is 3.73. The van der Waals surface area contributed by atoms with Crippen molar-refractivity contribution in [2.75, 3.05) is 14.2 Å². The van der Waals surface area contributed by atoms with Crippen molar-refractivity contribution in [2.24, 2.45) is 0 Å². The van der Waals surface area contributed by atoms with Crippen molar-refractivity contribution in [3.63, 3.8) is 0 Å². The van der Waals surface area contributed by atoms with Crippen LogP contribution in [-0.2, 0) is 6.54 Å². The minimum absolute atomic E-state index is 0.676. The molecule has 5 heteroatoms. The van der Waals surface area contributed by atoms with Gasteiger partial charge in [-0.05, 0) is 24.4 Å². The average molecular weight is 250 g/mol. The Balaban J connectivity index is 2.33. The highest BCUT2D eigenvalue weighted by molar-refractivity contribution is 7.71. The average Bonchev–Trinajstić information content (AvgIpc) is 2.75. The first-order chi connectivity index (χ1) is 8.24. The maximum absolute atomic E-state index is 5.34. The van der Waals surface area contributed by atoms with E-state index in [4.69, 9.17) is 21.7 Å². The summed E-state index contributed by atoms with van der Waals surface area (Å²) in [5.74, 6) is 1.58. The fraction of sp³-hybridized carbons (Fsp3) is 0.250. The van der Waals surface area contributed by atoms with Crippen LogP contribution >= 0.6 is 12.2 Å². The lowest BCUT2D eigenvalue weighted by Crippen LogP contribution is -2.01. The molecule has 2 rings (SSSR count). The molecule has 17 heavy (non-hydrogen) atoms. The fourth-order valence-corrected chi connectivity index (χ4v) is 1.83. The van der Waals surface area contributed by atoms with Gasteiger partial charge in [0.05, 0.1) is 20.8 Å². The van der Waals surface area contributed by atoms with E-state index >= 15 is 0 Å². The maximum Gasteiger partial charge on any atom is 0.177 e. The van der Waals surface area contributed by atoms with E-state index in [1.54, 1.807) is 14.2 Å². The number of nitrogens with one attached hydrogen (secondary N) is 1. The molecule has 0 saturated carbocycles. The number of H-pyrrole nitrogens is 1. The van der Waals surface area contributed by atoms with Crippen molar-refractivity contribution in [3.05, 3.63) is 40.9 Å². The zero-order valence-electron chi connectivity index (χ0n) is 9.77. The first kappa shape index (κ1) is 11.7. The van der Waals surface area contributed by atoms with Gasteiger partial charge in [-0.15, -0.1) is 0 Å². The molecule has 0 fully saturated rings. The minimum Gasteiger partial charge on any atom is -0.497 e. The second kappa shape index (κ2) is 5.05. The third-order valence-corrected chi connectivity index (χ3v) is 2.91. The topological polar surface area (TPSA) is 39.2 Å². The van der Waals surface area contributed by atoms with E-state index in [0.29, 0.717) is 11.3 Å². The molecule has 0 radical (unpaired) electrons. The van der Waals surface area contributed by atoms with Gasteiger partial charge in [-0.1, -0.05) is 0 Å². The molecule has 0 amide bonds. The highest BCUT2D eigenvalue weighted by Crippen LogP contribution is 2.25. The molecule has 0 aliphatic rings. The quantitative estimate of drug-likeness (QED) is 0.848. The van der Waals surface area contributed by atoms with E-state index in [1.807, 2.05) is 35.2 Å². The monoisotopic (exact) mass is 250 g/mol.